The van der Waals surface area contributed by atoms with Gasteiger partial charge in [0.05, 0.1) is 0 Å². The van der Waals surface area contributed by atoms with Crippen molar-refractivity contribution >= 4 is 0 Å². The molecule has 0 atom stereocenters. The monoisotopic (exact) mass is 192 g/mol. The van der Waals surface area contributed by atoms with Gasteiger partial charge < -0.3 is 0 Å². The van der Waals surface area contributed by atoms with Crippen LogP contribution in [-0.2, 0) is 0 Å². The number of allylic oxidation sites excluding steroid dienone is 3. The van der Waals surface area contributed by atoms with E-state index in [0.717, 1.165) is 0 Å². The van der Waals surface area contributed by atoms with E-state index in [2.05, 4.69) is 19.6 Å². The van der Waals surface area contributed by atoms with E-state index in [4.69, 9.17) is 0 Å². The van der Waals surface area contributed by atoms with Gasteiger partial charge in [0, 0.05) is 0 Å². The van der Waals surface area contributed by atoms with E-state index in [-0.39, 0.29) is 0 Å². The predicted molar refractivity (Wildman–Crippen MR) is 64.5 cm³/mol. The van der Waals surface area contributed by atoms with Gasteiger partial charge in [0.25, 0.3) is 0 Å². The lowest BCUT2D eigenvalue weighted by Crippen LogP contribution is -1.82. The van der Waals surface area contributed by atoms with Crippen LogP contribution in [0.1, 0.15) is 64.7 Å². The number of hydrogen-bond donors (Lipinski definition) is 0. The van der Waals surface area contributed by atoms with E-state index in [9.17, 15) is 0 Å². The third-order valence-corrected chi connectivity index (χ3v) is 2.94. The Labute approximate surface area is 89.1 Å². The molecule has 0 aliphatic heterocycles. The highest BCUT2D eigenvalue weighted by molar-refractivity contribution is 5.40. The summed E-state index contributed by atoms with van der Waals surface area (Å²) in [6.45, 7) is 6.37. The van der Waals surface area contributed by atoms with E-state index in [1.807, 2.05) is 0 Å². The second-order valence-corrected chi connectivity index (χ2v) is 4.41. The van der Waals surface area contributed by atoms with Gasteiger partial charge in [-0.15, -0.1) is 0 Å². The van der Waals surface area contributed by atoms with Crippen LogP contribution in [0.15, 0.2) is 23.8 Å². The van der Waals surface area contributed by atoms with Crippen LogP contribution in [0.4, 0.5) is 0 Å². The lowest BCUT2D eigenvalue weighted by Gasteiger charge is -2.02. The molecule has 1 rings (SSSR count). The molecule has 0 heterocycles. The normalized spacial score (nSPS) is 13.9. The minimum absolute atomic E-state index is 1.22. The van der Waals surface area contributed by atoms with Gasteiger partial charge in [0.2, 0.25) is 0 Å². The van der Waals surface area contributed by atoms with Gasteiger partial charge in [-0.3, -0.25) is 0 Å². The van der Waals surface area contributed by atoms with E-state index in [1.54, 1.807) is 0 Å². The Morgan fingerprint density at radius 2 is 1.71 bits per heavy atom. The van der Waals surface area contributed by atoms with Crippen molar-refractivity contribution in [2.45, 2.75) is 64.7 Å². The highest BCUT2D eigenvalue weighted by Crippen LogP contribution is 2.29. The zero-order chi connectivity index (χ0) is 10.2. The van der Waals surface area contributed by atoms with Crippen LogP contribution in [0.2, 0.25) is 0 Å². The quantitative estimate of drug-likeness (QED) is 0.450. The summed E-state index contributed by atoms with van der Waals surface area (Å²) in [6, 6.07) is 0. The molecule has 0 spiro atoms. The molecule has 0 N–H and O–H groups in total. The first-order valence-corrected chi connectivity index (χ1v) is 6.21. The second-order valence-electron chi connectivity index (χ2n) is 4.41. The second kappa shape index (κ2) is 6.86. The Morgan fingerprint density at radius 3 is 2.29 bits per heavy atom. The Hall–Kier alpha value is -0.520. The molecular weight excluding hydrogens is 168 g/mol. The minimum atomic E-state index is 1.22. The molecule has 14 heavy (non-hydrogen) atoms. The molecule has 0 unspecified atom stereocenters. The summed E-state index contributed by atoms with van der Waals surface area (Å²) in [4.78, 5) is 0. The van der Waals surface area contributed by atoms with Gasteiger partial charge in [-0.1, -0.05) is 63.7 Å². The van der Waals surface area contributed by atoms with Gasteiger partial charge in [0.1, 0.15) is 0 Å². The van der Waals surface area contributed by atoms with Crippen LogP contribution < -0.4 is 0 Å². The third kappa shape index (κ3) is 5.26. The molecule has 1 aliphatic carbocycles. The van der Waals surface area contributed by atoms with Crippen LogP contribution in [0, 0.1) is 0 Å². The molecule has 0 aromatic heterocycles. The summed E-state index contributed by atoms with van der Waals surface area (Å²) in [6.07, 6.45) is 14.5. The molecule has 0 saturated heterocycles. The summed E-state index contributed by atoms with van der Waals surface area (Å²) >= 11 is 0. The molecule has 0 nitrogen and oxygen atoms in total. The van der Waals surface area contributed by atoms with E-state index >= 15 is 0 Å². The summed E-state index contributed by atoms with van der Waals surface area (Å²) in [5, 5.41) is 0. The Morgan fingerprint density at radius 1 is 1.14 bits per heavy atom. The molecule has 0 heteroatoms. The average Bonchev–Trinajstić information content (AvgIpc) is 2.99. The molecule has 0 aromatic carbocycles. The number of unbranched alkanes of at least 4 members (excludes halogenated alkanes) is 6. The molecule has 80 valence electrons. The Kier molecular flexibility index (Phi) is 5.66. The smallest absolute Gasteiger partial charge is 0.00919 e. The first-order chi connectivity index (χ1) is 6.84. The SMILES string of the molecule is C=C(CCCCCCCCC)C1=CC1. The van der Waals surface area contributed by atoms with Crippen LogP contribution in [0.5, 0.6) is 0 Å². The summed E-state index contributed by atoms with van der Waals surface area (Å²) < 4.78 is 0. The molecule has 0 fully saturated rings. The summed E-state index contributed by atoms with van der Waals surface area (Å²) in [5.74, 6) is 0. The Balaban J connectivity index is 1.79. The predicted octanol–water partition coefficient (Wildman–Crippen LogP) is 5.01. The van der Waals surface area contributed by atoms with Crippen molar-refractivity contribution in [1.82, 2.24) is 0 Å². The van der Waals surface area contributed by atoms with Gasteiger partial charge in [-0.25, -0.2) is 0 Å². The zero-order valence-electron chi connectivity index (χ0n) is 9.65. The highest BCUT2D eigenvalue weighted by Gasteiger charge is 2.09. The van der Waals surface area contributed by atoms with E-state index in [0.29, 0.717) is 0 Å². The fourth-order valence-electron chi connectivity index (χ4n) is 1.80. The van der Waals surface area contributed by atoms with E-state index in [1.165, 1.54) is 68.9 Å². The van der Waals surface area contributed by atoms with Crippen molar-refractivity contribution < 1.29 is 0 Å². The number of rotatable bonds is 9. The van der Waals surface area contributed by atoms with Gasteiger partial charge in [0.15, 0.2) is 0 Å². The topological polar surface area (TPSA) is 0 Å². The molecule has 1 aliphatic rings. The first kappa shape index (κ1) is 11.6. The fraction of sp³-hybridized carbons (Fsp3) is 0.714. The maximum absolute atomic E-state index is 4.10. The Bertz CT molecular complexity index is 198. The van der Waals surface area contributed by atoms with Crippen molar-refractivity contribution in [2.24, 2.45) is 0 Å². The summed E-state index contributed by atoms with van der Waals surface area (Å²) in [7, 11) is 0. The van der Waals surface area contributed by atoms with Crippen LogP contribution in [0.3, 0.4) is 0 Å². The molecule has 0 aromatic rings. The standard InChI is InChI=1S/C14H24/c1-3-4-5-6-7-8-9-10-13(2)14-11-12-14/h11H,2-10,12H2,1H3. The van der Waals surface area contributed by atoms with Crippen molar-refractivity contribution in [1.29, 1.82) is 0 Å². The molecule has 0 saturated carbocycles. The van der Waals surface area contributed by atoms with Gasteiger partial charge >= 0.3 is 0 Å². The lowest BCUT2D eigenvalue weighted by molar-refractivity contribution is 0.589. The molecule has 0 bridgehead atoms. The van der Waals surface area contributed by atoms with Crippen molar-refractivity contribution in [3.05, 3.63) is 23.8 Å². The fourth-order valence-corrected chi connectivity index (χ4v) is 1.80. The van der Waals surface area contributed by atoms with Crippen molar-refractivity contribution in [2.75, 3.05) is 0 Å². The summed E-state index contributed by atoms with van der Waals surface area (Å²) in [5.41, 5.74) is 2.93. The van der Waals surface area contributed by atoms with E-state index < -0.39 is 0 Å². The zero-order valence-corrected chi connectivity index (χ0v) is 9.65. The lowest BCUT2D eigenvalue weighted by atomic mass is 10.0. The largest absolute Gasteiger partial charge is 0.0956 e. The molecular formula is C14H24. The van der Waals surface area contributed by atoms with Crippen LogP contribution >= 0.6 is 0 Å². The van der Waals surface area contributed by atoms with Crippen molar-refractivity contribution in [3.63, 3.8) is 0 Å². The van der Waals surface area contributed by atoms with Crippen molar-refractivity contribution in [3.8, 4) is 0 Å². The maximum Gasteiger partial charge on any atom is -0.00919 e. The van der Waals surface area contributed by atoms with Crippen LogP contribution in [-0.4, -0.2) is 0 Å². The van der Waals surface area contributed by atoms with Crippen LogP contribution in [0.25, 0.3) is 0 Å². The minimum Gasteiger partial charge on any atom is -0.0956 e. The first-order valence-electron chi connectivity index (χ1n) is 6.21. The third-order valence-electron chi connectivity index (χ3n) is 2.94. The van der Waals surface area contributed by atoms with Gasteiger partial charge in [-0.05, 0) is 24.8 Å². The highest BCUT2D eigenvalue weighted by atomic mass is 14.1. The maximum atomic E-state index is 4.10. The molecule has 0 radical (unpaired) electrons. The number of hydrogen-bond acceptors (Lipinski definition) is 0. The van der Waals surface area contributed by atoms with Gasteiger partial charge in [-0.2, -0.15) is 0 Å². The average molecular weight is 192 g/mol. The molecule has 0 amide bonds.